The summed E-state index contributed by atoms with van der Waals surface area (Å²) in [5, 5.41) is 3.21. The van der Waals surface area contributed by atoms with Gasteiger partial charge in [-0.3, -0.25) is 5.43 Å². The van der Waals surface area contributed by atoms with Crippen molar-refractivity contribution in [2.45, 2.75) is 26.2 Å². The fourth-order valence-corrected chi connectivity index (χ4v) is 3.93. The first-order chi connectivity index (χ1) is 14.8. The topological polar surface area (TPSA) is 75.4 Å². The predicted molar refractivity (Wildman–Crippen MR) is 126 cm³/mol. The van der Waals surface area contributed by atoms with Crippen molar-refractivity contribution < 1.29 is 14.3 Å². The number of benzene rings is 3. The van der Waals surface area contributed by atoms with Crippen LogP contribution in [0.25, 0.3) is 32.8 Å². The standard InChI is InChI=1S/C25H27N3O3/c1-25(2,3)23-22(17-8-6-7-9-19(17)26-23)21-18-14-16(30-4)12-10-15(18)11-13-20(21)27-28-24(29)31-5/h6-14,26-27H,1-5H3,(H,28,29). The molecule has 4 rings (SSSR count). The monoisotopic (exact) mass is 417 g/mol. The molecule has 1 amide bonds. The van der Waals surface area contributed by atoms with Gasteiger partial charge in [0.05, 0.1) is 19.9 Å². The molecular weight excluding hydrogens is 390 g/mol. The highest BCUT2D eigenvalue weighted by Crippen LogP contribution is 2.45. The molecule has 0 fully saturated rings. The Morgan fingerprint density at radius 2 is 1.68 bits per heavy atom. The lowest BCUT2D eigenvalue weighted by atomic mass is 9.84. The van der Waals surface area contributed by atoms with Gasteiger partial charge in [-0.25, -0.2) is 10.2 Å². The Morgan fingerprint density at radius 1 is 0.935 bits per heavy atom. The summed E-state index contributed by atoms with van der Waals surface area (Å²) in [4.78, 5) is 15.4. The predicted octanol–water partition coefficient (Wildman–Crippen LogP) is 5.98. The lowest BCUT2D eigenvalue weighted by molar-refractivity contribution is 0.173. The van der Waals surface area contributed by atoms with Crippen LogP contribution in [0.4, 0.5) is 10.5 Å². The summed E-state index contributed by atoms with van der Waals surface area (Å²) in [6.07, 6.45) is -0.563. The first-order valence-corrected chi connectivity index (χ1v) is 10.2. The highest BCUT2D eigenvalue weighted by Gasteiger charge is 2.26. The average molecular weight is 418 g/mol. The van der Waals surface area contributed by atoms with Crippen LogP contribution < -0.4 is 15.6 Å². The van der Waals surface area contributed by atoms with E-state index in [9.17, 15) is 4.79 Å². The Balaban J connectivity index is 2.09. The van der Waals surface area contributed by atoms with E-state index in [0.717, 1.165) is 49.9 Å². The van der Waals surface area contributed by atoms with Crippen LogP contribution >= 0.6 is 0 Å². The van der Waals surface area contributed by atoms with E-state index >= 15 is 0 Å². The molecule has 0 saturated heterocycles. The Hall–Kier alpha value is -3.67. The summed E-state index contributed by atoms with van der Waals surface area (Å²) in [6.45, 7) is 6.56. The van der Waals surface area contributed by atoms with Gasteiger partial charge in [0, 0.05) is 33.1 Å². The summed E-state index contributed by atoms with van der Waals surface area (Å²) in [5.41, 5.74) is 10.5. The first kappa shape index (κ1) is 20.6. The smallest absolute Gasteiger partial charge is 0.425 e. The largest absolute Gasteiger partial charge is 0.497 e. The number of aromatic nitrogens is 1. The number of aromatic amines is 1. The Labute approximate surface area is 181 Å². The highest BCUT2D eigenvalue weighted by molar-refractivity contribution is 6.11. The number of nitrogens with one attached hydrogen (secondary N) is 3. The molecule has 6 nitrogen and oxygen atoms in total. The number of hydrogen-bond acceptors (Lipinski definition) is 4. The Morgan fingerprint density at radius 3 is 2.39 bits per heavy atom. The van der Waals surface area contributed by atoms with Crippen molar-refractivity contribution in [2.24, 2.45) is 0 Å². The van der Waals surface area contributed by atoms with Gasteiger partial charge in [-0.05, 0) is 35.0 Å². The lowest BCUT2D eigenvalue weighted by Gasteiger charge is -2.22. The number of hydrazine groups is 1. The normalized spacial score (nSPS) is 11.5. The fraction of sp³-hybridized carbons (Fsp3) is 0.240. The number of carbonyl (C=O) groups excluding carboxylic acids is 1. The van der Waals surface area contributed by atoms with Crippen LogP contribution in [0.1, 0.15) is 26.5 Å². The number of fused-ring (bicyclic) bond motifs is 2. The molecule has 0 aliphatic rings. The number of ether oxygens (including phenoxy) is 2. The van der Waals surface area contributed by atoms with Crippen molar-refractivity contribution >= 4 is 33.5 Å². The fourth-order valence-electron chi connectivity index (χ4n) is 3.93. The van der Waals surface area contributed by atoms with E-state index in [1.165, 1.54) is 7.11 Å². The van der Waals surface area contributed by atoms with Crippen molar-refractivity contribution in [1.82, 2.24) is 10.4 Å². The molecule has 0 bridgehead atoms. The summed E-state index contributed by atoms with van der Waals surface area (Å²) in [6, 6.07) is 18.3. The summed E-state index contributed by atoms with van der Waals surface area (Å²) in [5.74, 6) is 0.768. The molecule has 0 unspecified atom stereocenters. The minimum absolute atomic E-state index is 0.136. The van der Waals surface area contributed by atoms with Crippen LogP contribution in [0, 0.1) is 0 Å². The van der Waals surface area contributed by atoms with Gasteiger partial charge in [0.1, 0.15) is 5.75 Å². The second kappa shape index (κ2) is 7.87. The molecule has 1 heterocycles. The van der Waals surface area contributed by atoms with Gasteiger partial charge in [0.2, 0.25) is 0 Å². The zero-order valence-corrected chi connectivity index (χ0v) is 18.4. The van der Waals surface area contributed by atoms with Crippen LogP contribution in [-0.4, -0.2) is 25.3 Å². The Kier molecular flexibility index (Phi) is 5.23. The third-order valence-corrected chi connectivity index (χ3v) is 5.42. The molecular formula is C25H27N3O3. The van der Waals surface area contributed by atoms with Gasteiger partial charge in [0.25, 0.3) is 0 Å². The molecule has 3 N–H and O–H groups in total. The summed E-state index contributed by atoms with van der Waals surface area (Å²) >= 11 is 0. The molecule has 160 valence electrons. The quantitative estimate of drug-likeness (QED) is 0.357. The molecule has 0 radical (unpaired) electrons. The van der Waals surface area contributed by atoms with Crippen LogP contribution in [-0.2, 0) is 10.2 Å². The second-order valence-electron chi connectivity index (χ2n) is 8.49. The van der Waals surface area contributed by atoms with Crippen molar-refractivity contribution in [2.75, 3.05) is 19.6 Å². The van der Waals surface area contributed by atoms with E-state index in [2.05, 4.69) is 48.7 Å². The van der Waals surface area contributed by atoms with Crippen molar-refractivity contribution in [3.63, 3.8) is 0 Å². The van der Waals surface area contributed by atoms with E-state index in [1.807, 2.05) is 42.5 Å². The average Bonchev–Trinajstić information content (AvgIpc) is 3.16. The van der Waals surface area contributed by atoms with Gasteiger partial charge >= 0.3 is 6.09 Å². The third kappa shape index (κ3) is 3.77. The maximum Gasteiger partial charge on any atom is 0.425 e. The molecule has 1 aromatic heterocycles. The van der Waals surface area contributed by atoms with Crippen LogP contribution in [0.5, 0.6) is 5.75 Å². The number of methoxy groups -OCH3 is 2. The number of hydrogen-bond donors (Lipinski definition) is 3. The SMILES string of the molecule is COC(=O)NNc1ccc2ccc(OC)cc2c1-c1c(C(C)(C)C)[nH]c2ccccc12. The zero-order valence-electron chi connectivity index (χ0n) is 18.4. The zero-order chi connectivity index (χ0) is 22.2. The minimum atomic E-state index is -0.563. The molecule has 0 spiro atoms. The number of carbonyl (C=O) groups is 1. The lowest BCUT2D eigenvalue weighted by Crippen LogP contribution is -2.29. The maximum atomic E-state index is 11.8. The maximum absolute atomic E-state index is 11.8. The van der Waals surface area contributed by atoms with Gasteiger partial charge < -0.3 is 14.5 Å². The molecule has 3 aromatic carbocycles. The molecule has 31 heavy (non-hydrogen) atoms. The van der Waals surface area contributed by atoms with E-state index < -0.39 is 6.09 Å². The van der Waals surface area contributed by atoms with Gasteiger partial charge in [-0.15, -0.1) is 0 Å². The highest BCUT2D eigenvalue weighted by atomic mass is 16.5. The van der Waals surface area contributed by atoms with Gasteiger partial charge in [0.15, 0.2) is 0 Å². The molecule has 0 aliphatic heterocycles. The third-order valence-electron chi connectivity index (χ3n) is 5.42. The second-order valence-corrected chi connectivity index (χ2v) is 8.49. The van der Waals surface area contributed by atoms with Crippen LogP contribution in [0.3, 0.4) is 0 Å². The van der Waals surface area contributed by atoms with E-state index in [1.54, 1.807) is 7.11 Å². The first-order valence-electron chi connectivity index (χ1n) is 10.2. The van der Waals surface area contributed by atoms with Crippen molar-refractivity contribution in [3.8, 4) is 16.9 Å². The number of para-hydroxylation sites is 1. The molecule has 0 saturated carbocycles. The molecule has 0 aliphatic carbocycles. The van der Waals surface area contributed by atoms with E-state index in [4.69, 9.17) is 9.47 Å². The number of rotatable bonds is 4. The summed E-state index contributed by atoms with van der Waals surface area (Å²) < 4.78 is 10.3. The number of amides is 1. The van der Waals surface area contributed by atoms with E-state index in [-0.39, 0.29) is 5.41 Å². The van der Waals surface area contributed by atoms with Crippen LogP contribution in [0.15, 0.2) is 54.6 Å². The van der Waals surface area contributed by atoms with Gasteiger partial charge in [-0.1, -0.05) is 51.1 Å². The minimum Gasteiger partial charge on any atom is -0.497 e. The molecule has 6 heteroatoms. The van der Waals surface area contributed by atoms with Gasteiger partial charge in [-0.2, -0.15) is 0 Å². The Bertz CT molecular complexity index is 1270. The van der Waals surface area contributed by atoms with E-state index in [0.29, 0.717) is 0 Å². The van der Waals surface area contributed by atoms with Crippen molar-refractivity contribution in [1.29, 1.82) is 0 Å². The molecule has 4 aromatic rings. The van der Waals surface area contributed by atoms with Crippen molar-refractivity contribution in [3.05, 3.63) is 60.3 Å². The van der Waals surface area contributed by atoms with Crippen LogP contribution in [0.2, 0.25) is 0 Å². The number of anilines is 1. The summed E-state index contributed by atoms with van der Waals surface area (Å²) in [7, 11) is 2.99. The molecule has 0 atom stereocenters. The number of H-pyrrole nitrogens is 1.